The molecule has 2 N–H and O–H groups in total. The Bertz CT molecular complexity index is 1260. The van der Waals surface area contributed by atoms with E-state index < -0.39 is 24.1 Å². The first-order valence-electron chi connectivity index (χ1n) is 12.0. The molecule has 206 valence electrons. The van der Waals surface area contributed by atoms with E-state index in [-0.39, 0.29) is 24.6 Å². The van der Waals surface area contributed by atoms with Crippen molar-refractivity contribution in [1.82, 2.24) is 10.6 Å². The molecular formula is C30H28N2O8. The summed E-state index contributed by atoms with van der Waals surface area (Å²) in [6, 6.07) is 24.7. The van der Waals surface area contributed by atoms with Gasteiger partial charge in [-0.25, -0.2) is 19.2 Å². The Morgan fingerprint density at radius 1 is 0.575 bits per heavy atom. The van der Waals surface area contributed by atoms with Crippen molar-refractivity contribution in [2.75, 3.05) is 14.2 Å². The Labute approximate surface area is 231 Å². The highest BCUT2D eigenvalue weighted by atomic mass is 16.6. The van der Waals surface area contributed by atoms with Gasteiger partial charge in [-0.15, -0.1) is 0 Å². The highest BCUT2D eigenvalue weighted by Gasteiger charge is 2.16. The van der Waals surface area contributed by atoms with Gasteiger partial charge < -0.3 is 18.9 Å². The van der Waals surface area contributed by atoms with Crippen LogP contribution in [0.3, 0.4) is 0 Å². The van der Waals surface area contributed by atoms with Gasteiger partial charge in [0.15, 0.2) is 0 Å². The van der Waals surface area contributed by atoms with Crippen LogP contribution in [0.15, 0.2) is 96.3 Å². The Morgan fingerprint density at radius 3 is 1.25 bits per heavy atom. The molecule has 2 amide bonds. The lowest BCUT2D eigenvalue weighted by Crippen LogP contribution is -2.28. The van der Waals surface area contributed by atoms with Gasteiger partial charge in [0, 0.05) is 0 Å². The summed E-state index contributed by atoms with van der Waals surface area (Å²) in [6.07, 6.45) is 1.16. The third-order valence-corrected chi connectivity index (χ3v) is 5.27. The zero-order valence-electron chi connectivity index (χ0n) is 21.9. The average Bonchev–Trinajstić information content (AvgIpc) is 2.99. The zero-order chi connectivity index (χ0) is 28.7. The number of rotatable bonds is 10. The molecule has 40 heavy (non-hydrogen) atoms. The van der Waals surface area contributed by atoms with Crippen LogP contribution in [0.2, 0.25) is 0 Å². The molecule has 0 saturated heterocycles. The van der Waals surface area contributed by atoms with E-state index in [9.17, 15) is 19.2 Å². The second kappa shape index (κ2) is 15.1. The molecule has 0 atom stereocenters. The van der Waals surface area contributed by atoms with Crippen molar-refractivity contribution < 1.29 is 38.1 Å². The summed E-state index contributed by atoms with van der Waals surface area (Å²) in [6.45, 7) is 0.0526. The van der Waals surface area contributed by atoms with Crippen LogP contribution in [0.4, 0.5) is 9.59 Å². The number of carbonyl (C=O) groups excluding carboxylic acids is 4. The predicted molar refractivity (Wildman–Crippen MR) is 146 cm³/mol. The SMILES string of the molecule is COC(=O)/C(=C/c1ccc(/C=C(/NC(=O)OCc2ccccc2)C(=O)OC)cc1)NC(=O)OCc1ccccc1. The molecular weight excluding hydrogens is 516 g/mol. The molecule has 0 unspecified atom stereocenters. The number of benzene rings is 3. The summed E-state index contributed by atoms with van der Waals surface area (Å²) in [5, 5.41) is 4.78. The number of amides is 2. The van der Waals surface area contributed by atoms with Crippen LogP contribution in [0.1, 0.15) is 22.3 Å². The molecule has 0 saturated carbocycles. The van der Waals surface area contributed by atoms with Gasteiger partial charge in [-0.3, -0.25) is 10.6 Å². The Hall–Kier alpha value is -5.38. The van der Waals surface area contributed by atoms with Crippen molar-refractivity contribution in [3.63, 3.8) is 0 Å². The van der Waals surface area contributed by atoms with Gasteiger partial charge in [-0.05, 0) is 34.4 Å². The molecule has 0 heterocycles. The van der Waals surface area contributed by atoms with E-state index >= 15 is 0 Å². The van der Waals surface area contributed by atoms with E-state index in [1.54, 1.807) is 48.5 Å². The van der Waals surface area contributed by atoms with E-state index in [1.165, 1.54) is 26.4 Å². The normalized spacial score (nSPS) is 11.2. The third-order valence-electron chi connectivity index (χ3n) is 5.27. The van der Waals surface area contributed by atoms with Crippen LogP contribution in [0.25, 0.3) is 12.2 Å². The molecule has 0 radical (unpaired) electrons. The van der Waals surface area contributed by atoms with Crippen molar-refractivity contribution >= 4 is 36.3 Å². The smallest absolute Gasteiger partial charge is 0.412 e. The number of esters is 2. The highest BCUT2D eigenvalue weighted by molar-refractivity contribution is 5.97. The summed E-state index contributed by atoms with van der Waals surface area (Å²) in [5.74, 6) is -1.54. The maximum absolute atomic E-state index is 12.2. The van der Waals surface area contributed by atoms with Crippen LogP contribution in [0.5, 0.6) is 0 Å². The first-order valence-corrected chi connectivity index (χ1v) is 12.0. The van der Waals surface area contributed by atoms with Gasteiger partial charge in [0.05, 0.1) is 14.2 Å². The van der Waals surface area contributed by atoms with Gasteiger partial charge in [0.25, 0.3) is 0 Å². The third kappa shape index (κ3) is 9.49. The molecule has 0 aromatic heterocycles. The molecule has 0 aliphatic rings. The molecule has 3 aromatic rings. The van der Waals surface area contributed by atoms with E-state index in [2.05, 4.69) is 10.6 Å². The lowest BCUT2D eigenvalue weighted by atomic mass is 10.1. The lowest BCUT2D eigenvalue weighted by Gasteiger charge is -2.10. The first kappa shape index (κ1) is 29.2. The molecule has 0 aliphatic heterocycles. The van der Waals surface area contributed by atoms with Crippen LogP contribution >= 0.6 is 0 Å². The van der Waals surface area contributed by atoms with Gasteiger partial charge >= 0.3 is 24.1 Å². The van der Waals surface area contributed by atoms with Crippen molar-refractivity contribution in [1.29, 1.82) is 0 Å². The molecule has 0 fully saturated rings. The monoisotopic (exact) mass is 544 g/mol. The lowest BCUT2D eigenvalue weighted by molar-refractivity contribution is -0.137. The molecule has 3 rings (SSSR count). The van der Waals surface area contributed by atoms with Crippen molar-refractivity contribution in [2.45, 2.75) is 13.2 Å². The summed E-state index contributed by atoms with van der Waals surface area (Å²) >= 11 is 0. The second-order valence-corrected chi connectivity index (χ2v) is 8.14. The molecule has 0 aliphatic carbocycles. The second-order valence-electron chi connectivity index (χ2n) is 8.14. The number of alkyl carbamates (subject to hydrolysis) is 2. The molecule has 3 aromatic carbocycles. The Balaban J connectivity index is 1.67. The quantitative estimate of drug-likeness (QED) is 0.216. The van der Waals surface area contributed by atoms with E-state index in [0.717, 1.165) is 11.1 Å². The molecule has 10 heteroatoms. The van der Waals surface area contributed by atoms with Gasteiger partial charge in [0.2, 0.25) is 0 Å². The predicted octanol–water partition coefficient (Wildman–Crippen LogP) is 4.57. The van der Waals surface area contributed by atoms with E-state index in [4.69, 9.17) is 18.9 Å². The van der Waals surface area contributed by atoms with E-state index in [1.807, 2.05) is 36.4 Å². The standard InChI is InChI=1S/C30H28N2O8/c1-37-27(33)25(31-29(35)39-19-23-9-5-3-6-10-23)17-21-13-15-22(16-14-21)18-26(28(34)38-2)32-30(36)40-20-24-11-7-4-8-12-24/h3-18H,19-20H2,1-2H3,(H,31,35)(H,32,36)/b25-17-,26-18+. The highest BCUT2D eigenvalue weighted by Crippen LogP contribution is 2.13. The van der Waals surface area contributed by atoms with Crippen molar-refractivity contribution in [3.8, 4) is 0 Å². The van der Waals surface area contributed by atoms with E-state index in [0.29, 0.717) is 11.1 Å². The fraction of sp³-hybridized carbons (Fsp3) is 0.133. The van der Waals surface area contributed by atoms with Crippen LogP contribution in [-0.4, -0.2) is 38.3 Å². The number of hydrogen-bond donors (Lipinski definition) is 2. The maximum atomic E-state index is 12.2. The average molecular weight is 545 g/mol. The maximum Gasteiger partial charge on any atom is 0.412 e. The molecule has 10 nitrogen and oxygen atoms in total. The first-order chi connectivity index (χ1) is 19.4. The van der Waals surface area contributed by atoms with Crippen LogP contribution in [0, 0.1) is 0 Å². The fourth-order valence-corrected chi connectivity index (χ4v) is 3.27. The Kier molecular flexibility index (Phi) is 11.0. The topological polar surface area (TPSA) is 129 Å². The number of nitrogens with one attached hydrogen (secondary N) is 2. The number of ether oxygens (including phenoxy) is 4. The van der Waals surface area contributed by atoms with Crippen molar-refractivity contribution in [3.05, 3.63) is 119 Å². The number of carbonyl (C=O) groups is 4. The minimum Gasteiger partial charge on any atom is -0.464 e. The largest absolute Gasteiger partial charge is 0.464 e. The minimum absolute atomic E-state index is 0.0263. The van der Waals surface area contributed by atoms with Crippen LogP contribution < -0.4 is 10.6 Å². The van der Waals surface area contributed by atoms with Crippen molar-refractivity contribution in [2.24, 2.45) is 0 Å². The number of hydrogen-bond acceptors (Lipinski definition) is 8. The Morgan fingerprint density at radius 2 is 0.925 bits per heavy atom. The van der Waals surface area contributed by atoms with Gasteiger partial charge in [-0.1, -0.05) is 84.9 Å². The van der Waals surface area contributed by atoms with Gasteiger partial charge in [0.1, 0.15) is 24.6 Å². The fourth-order valence-electron chi connectivity index (χ4n) is 3.27. The summed E-state index contributed by atoms with van der Waals surface area (Å²) < 4.78 is 19.8. The summed E-state index contributed by atoms with van der Waals surface area (Å²) in [4.78, 5) is 48.9. The zero-order valence-corrected chi connectivity index (χ0v) is 21.9. The van der Waals surface area contributed by atoms with Gasteiger partial charge in [-0.2, -0.15) is 0 Å². The molecule has 0 bridgehead atoms. The number of methoxy groups -OCH3 is 2. The summed E-state index contributed by atoms with van der Waals surface area (Å²) in [5.41, 5.74) is 2.38. The summed E-state index contributed by atoms with van der Waals surface area (Å²) in [7, 11) is 2.38. The molecule has 0 spiro atoms. The minimum atomic E-state index is -0.826. The van der Waals surface area contributed by atoms with Crippen LogP contribution in [-0.2, 0) is 41.8 Å².